The molecule has 1 N–H and O–H groups in total. The summed E-state index contributed by atoms with van der Waals surface area (Å²) in [5, 5.41) is 7.92. The van der Waals surface area contributed by atoms with E-state index in [1.54, 1.807) is 18.2 Å². The summed E-state index contributed by atoms with van der Waals surface area (Å²) < 4.78 is 26.9. The summed E-state index contributed by atoms with van der Waals surface area (Å²) >= 11 is 0. The van der Waals surface area contributed by atoms with Gasteiger partial charge in [-0.2, -0.15) is 5.10 Å². The Balaban J connectivity index is 1.94. The summed E-state index contributed by atoms with van der Waals surface area (Å²) in [5.74, 6) is 0. The van der Waals surface area contributed by atoms with Crippen LogP contribution < -0.4 is 0 Å². The lowest BCUT2D eigenvalue weighted by atomic mass is 10.0. The number of carbonyl (C=O) groups is 1. The van der Waals surface area contributed by atoms with Crippen LogP contribution in [0.5, 0.6) is 0 Å². The molecule has 4 aromatic rings. The van der Waals surface area contributed by atoms with Crippen molar-refractivity contribution in [3.05, 3.63) is 84.4 Å². The lowest BCUT2D eigenvalue weighted by Gasteiger charge is -2.15. The van der Waals surface area contributed by atoms with Crippen molar-refractivity contribution >= 4 is 37.8 Å². The second-order valence-electron chi connectivity index (χ2n) is 6.22. The number of sulfone groups is 1. The quantitative estimate of drug-likeness (QED) is 0.417. The van der Waals surface area contributed by atoms with Crippen LogP contribution in [0.4, 0.5) is 0 Å². The second-order valence-corrected chi connectivity index (χ2v) is 8.21. The largest absolute Gasteiger partial charge is 0.298 e. The van der Waals surface area contributed by atoms with Gasteiger partial charge >= 0.3 is 0 Å². The van der Waals surface area contributed by atoms with Gasteiger partial charge in [0, 0.05) is 10.9 Å². The fourth-order valence-corrected chi connectivity index (χ4v) is 5.02. The van der Waals surface area contributed by atoms with E-state index < -0.39 is 15.1 Å². The van der Waals surface area contributed by atoms with Crippen LogP contribution in [0, 0.1) is 0 Å². The number of benzene rings is 3. The molecule has 0 fully saturated rings. The van der Waals surface area contributed by atoms with Crippen LogP contribution in [0.1, 0.15) is 21.2 Å². The van der Waals surface area contributed by atoms with E-state index in [2.05, 4.69) is 16.8 Å². The number of hydrogen-bond acceptors (Lipinski definition) is 4. The number of carbonyl (C=O) groups excluding carboxylic acids is 1. The van der Waals surface area contributed by atoms with E-state index in [1.165, 1.54) is 12.1 Å². The van der Waals surface area contributed by atoms with Gasteiger partial charge in [0.15, 0.2) is 5.03 Å². The number of hydrogen-bond donors (Lipinski definition) is 1. The first-order chi connectivity index (χ1) is 13.1. The summed E-state index contributed by atoms with van der Waals surface area (Å²) in [5.41, 5.74) is 1.59. The standard InChI is InChI=1S/C21H16N2O3S/c1-2-20(17-9-5-7-15-6-3-4-8-16(15)17)27(25,26)21-18-12-14(13-24)10-11-19(18)22-23-21/h2-13,20H,1H2,(H,22,23). The molecule has 0 aliphatic rings. The Bertz CT molecular complexity index is 1280. The zero-order valence-corrected chi connectivity index (χ0v) is 15.1. The van der Waals surface area contributed by atoms with Gasteiger partial charge in [0.2, 0.25) is 9.84 Å². The normalized spacial score (nSPS) is 12.9. The Kier molecular flexibility index (Phi) is 4.12. The predicted octanol–water partition coefficient (Wildman–Crippen LogP) is 4.23. The zero-order chi connectivity index (χ0) is 19.0. The summed E-state index contributed by atoms with van der Waals surface area (Å²) in [4.78, 5) is 11.1. The minimum atomic E-state index is -3.88. The number of aromatic nitrogens is 2. The fraction of sp³-hybridized carbons (Fsp3) is 0.0476. The van der Waals surface area contributed by atoms with Crippen LogP contribution in [0.3, 0.4) is 0 Å². The molecule has 0 bridgehead atoms. The molecule has 6 heteroatoms. The Morgan fingerprint density at radius 2 is 1.78 bits per heavy atom. The molecule has 1 aromatic heterocycles. The minimum Gasteiger partial charge on any atom is -0.298 e. The third-order valence-electron chi connectivity index (χ3n) is 4.64. The molecule has 0 amide bonds. The number of fused-ring (bicyclic) bond motifs is 2. The summed E-state index contributed by atoms with van der Waals surface area (Å²) in [6.45, 7) is 3.76. The maximum atomic E-state index is 13.4. The van der Waals surface area contributed by atoms with Crippen molar-refractivity contribution in [3.8, 4) is 0 Å². The van der Waals surface area contributed by atoms with Crippen molar-refractivity contribution in [2.24, 2.45) is 0 Å². The Hall–Kier alpha value is -3.25. The van der Waals surface area contributed by atoms with Crippen LogP contribution in [0.25, 0.3) is 21.7 Å². The van der Waals surface area contributed by atoms with Crippen molar-refractivity contribution in [3.63, 3.8) is 0 Å². The molecule has 27 heavy (non-hydrogen) atoms. The van der Waals surface area contributed by atoms with Gasteiger partial charge in [-0.15, -0.1) is 6.58 Å². The number of nitrogens with zero attached hydrogens (tertiary/aromatic N) is 1. The summed E-state index contributed by atoms with van der Waals surface area (Å²) in [7, 11) is -3.88. The maximum absolute atomic E-state index is 13.4. The van der Waals surface area contributed by atoms with Crippen molar-refractivity contribution in [1.29, 1.82) is 0 Å². The summed E-state index contributed by atoms with van der Waals surface area (Å²) in [6.07, 6.45) is 2.10. The highest BCUT2D eigenvalue weighted by atomic mass is 32.2. The maximum Gasteiger partial charge on any atom is 0.208 e. The zero-order valence-electron chi connectivity index (χ0n) is 14.3. The van der Waals surface area contributed by atoms with E-state index in [0.29, 0.717) is 28.3 Å². The van der Waals surface area contributed by atoms with Crippen molar-refractivity contribution in [2.75, 3.05) is 0 Å². The molecule has 0 aliphatic heterocycles. The van der Waals surface area contributed by atoms with Crippen LogP contribution in [-0.4, -0.2) is 24.9 Å². The fourth-order valence-electron chi connectivity index (χ4n) is 3.34. The van der Waals surface area contributed by atoms with Gasteiger partial charge in [-0.25, -0.2) is 8.42 Å². The average molecular weight is 376 g/mol. The number of rotatable bonds is 5. The molecule has 134 valence electrons. The smallest absolute Gasteiger partial charge is 0.208 e. The first-order valence-electron chi connectivity index (χ1n) is 8.33. The number of aromatic amines is 1. The first kappa shape index (κ1) is 17.2. The van der Waals surface area contributed by atoms with E-state index in [-0.39, 0.29) is 5.03 Å². The molecular weight excluding hydrogens is 360 g/mol. The Morgan fingerprint density at radius 3 is 2.56 bits per heavy atom. The van der Waals surface area contributed by atoms with E-state index in [1.807, 2.05) is 36.4 Å². The van der Waals surface area contributed by atoms with Gasteiger partial charge in [0.05, 0.1) is 5.52 Å². The van der Waals surface area contributed by atoms with Crippen LogP contribution in [0.15, 0.2) is 78.3 Å². The molecule has 1 unspecified atom stereocenters. The lowest BCUT2D eigenvalue weighted by Crippen LogP contribution is -2.13. The van der Waals surface area contributed by atoms with Gasteiger partial charge in [0.25, 0.3) is 0 Å². The highest BCUT2D eigenvalue weighted by molar-refractivity contribution is 7.92. The van der Waals surface area contributed by atoms with Gasteiger partial charge in [-0.1, -0.05) is 48.5 Å². The molecule has 3 aromatic carbocycles. The number of H-pyrrole nitrogens is 1. The van der Waals surface area contributed by atoms with E-state index in [0.717, 1.165) is 10.8 Å². The highest BCUT2D eigenvalue weighted by Gasteiger charge is 2.31. The molecule has 0 spiro atoms. The van der Waals surface area contributed by atoms with Gasteiger partial charge in [-0.05, 0) is 34.5 Å². The van der Waals surface area contributed by atoms with E-state index in [4.69, 9.17) is 0 Å². The lowest BCUT2D eigenvalue weighted by molar-refractivity contribution is 0.112. The molecular formula is C21H16N2O3S. The molecule has 0 radical (unpaired) electrons. The second kappa shape index (κ2) is 6.48. The molecule has 0 saturated carbocycles. The molecule has 4 rings (SSSR count). The van der Waals surface area contributed by atoms with Crippen molar-refractivity contribution < 1.29 is 13.2 Å². The Labute approximate surface area is 156 Å². The first-order valence-corrected chi connectivity index (χ1v) is 9.88. The molecule has 1 atom stereocenters. The van der Waals surface area contributed by atoms with Crippen LogP contribution in [0.2, 0.25) is 0 Å². The highest BCUT2D eigenvalue weighted by Crippen LogP contribution is 2.36. The topological polar surface area (TPSA) is 79.9 Å². The Morgan fingerprint density at radius 1 is 1.00 bits per heavy atom. The molecule has 0 saturated heterocycles. The van der Waals surface area contributed by atoms with Gasteiger partial charge in [-0.3, -0.25) is 9.89 Å². The minimum absolute atomic E-state index is 0.0842. The molecule has 5 nitrogen and oxygen atoms in total. The van der Waals surface area contributed by atoms with Gasteiger partial charge < -0.3 is 0 Å². The number of aldehydes is 1. The average Bonchev–Trinajstić information content (AvgIpc) is 3.12. The van der Waals surface area contributed by atoms with Crippen molar-refractivity contribution in [2.45, 2.75) is 10.3 Å². The molecule has 1 heterocycles. The van der Waals surface area contributed by atoms with E-state index >= 15 is 0 Å². The van der Waals surface area contributed by atoms with Gasteiger partial charge in [0.1, 0.15) is 11.5 Å². The third kappa shape index (κ3) is 2.74. The number of nitrogens with one attached hydrogen (secondary N) is 1. The third-order valence-corrected chi connectivity index (χ3v) is 6.60. The predicted molar refractivity (Wildman–Crippen MR) is 106 cm³/mol. The van der Waals surface area contributed by atoms with Crippen LogP contribution in [-0.2, 0) is 9.84 Å². The van der Waals surface area contributed by atoms with E-state index in [9.17, 15) is 13.2 Å². The SMILES string of the molecule is C=CC(c1cccc2ccccc12)S(=O)(=O)c1n[nH]c2ccc(C=O)cc12. The summed E-state index contributed by atoms with van der Waals surface area (Å²) in [6, 6.07) is 18.0. The van der Waals surface area contributed by atoms with Crippen molar-refractivity contribution in [1.82, 2.24) is 10.2 Å². The monoisotopic (exact) mass is 376 g/mol. The van der Waals surface area contributed by atoms with Crippen LogP contribution >= 0.6 is 0 Å². The molecule has 0 aliphatic carbocycles.